The summed E-state index contributed by atoms with van der Waals surface area (Å²) in [5.74, 6) is 0.665. The fourth-order valence-corrected chi connectivity index (χ4v) is 3.45. The maximum atomic E-state index is 9.41. The second-order valence-electron chi connectivity index (χ2n) is 6.14. The lowest BCUT2D eigenvalue weighted by Crippen LogP contribution is -1.98. The zero-order valence-electron chi connectivity index (χ0n) is 13.9. The van der Waals surface area contributed by atoms with Gasteiger partial charge >= 0.3 is 0 Å². The average Bonchev–Trinajstić information content (AvgIpc) is 2.54. The van der Waals surface area contributed by atoms with Gasteiger partial charge in [-0.05, 0) is 47.2 Å². The van der Waals surface area contributed by atoms with Crippen molar-refractivity contribution in [3.05, 3.63) is 58.7 Å². The summed E-state index contributed by atoms with van der Waals surface area (Å²) in [5, 5.41) is 18.8. The average molecular weight is 320 g/mol. The number of nitrogens with zero attached hydrogens (tertiary/aromatic N) is 2. The van der Waals surface area contributed by atoms with Gasteiger partial charge in [0.15, 0.2) is 0 Å². The van der Waals surface area contributed by atoms with Crippen LogP contribution in [-0.2, 0) is 0 Å². The molecule has 0 fully saturated rings. The van der Waals surface area contributed by atoms with E-state index in [2.05, 4.69) is 50.3 Å². The molecule has 2 aromatic carbocycles. The van der Waals surface area contributed by atoms with Crippen LogP contribution in [0.3, 0.4) is 0 Å². The van der Waals surface area contributed by atoms with E-state index in [1.165, 1.54) is 5.56 Å². The molecule has 2 aromatic rings. The predicted octanol–water partition coefficient (Wildman–Crippen LogP) is 5.83. The quantitative estimate of drug-likeness (QED) is 0.712. The van der Waals surface area contributed by atoms with Gasteiger partial charge in [0.25, 0.3) is 0 Å². The standard InChI is InChI=1S/C20H20N2S/c1-13(2)15-5-7-18(8-6-15)23-19-9-16(11-21)20(14(3)4)17(10-19)12-22/h5-10,13-14H,1-4H3. The summed E-state index contributed by atoms with van der Waals surface area (Å²) in [6.45, 7) is 8.36. The molecule has 0 aromatic heterocycles. The topological polar surface area (TPSA) is 47.6 Å². The van der Waals surface area contributed by atoms with Crippen LogP contribution in [-0.4, -0.2) is 0 Å². The van der Waals surface area contributed by atoms with Gasteiger partial charge in [-0.2, -0.15) is 10.5 Å². The summed E-state index contributed by atoms with van der Waals surface area (Å²) >= 11 is 1.59. The van der Waals surface area contributed by atoms with Crippen LogP contribution < -0.4 is 0 Å². The fourth-order valence-electron chi connectivity index (χ4n) is 2.55. The molecule has 23 heavy (non-hydrogen) atoms. The summed E-state index contributed by atoms with van der Waals surface area (Å²) in [5.41, 5.74) is 3.34. The Balaban J connectivity index is 2.38. The Morgan fingerprint density at radius 1 is 0.783 bits per heavy atom. The minimum Gasteiger partial charge on any atom is -0.192 e. The highest BCUT2D eigenvalue weighted by Crippen LogP contribution is 2.33. The Hall–Kier alpha value is -2.23. The van der Waals surface area contributed by atoms with Crippen molar-refractivity contribution in [2.45, 2.75) is 49.3 Å². The van der Waals surface area contributed by atoms with Crippen molar-refractivity contribution >= 4 is 11.8 Å². The van der Waals surface area contributed by atoms with Crippen molar-refractivity contribution in [1.29, 1.82) is 10.5 Å². The van der Waals surface area contributed by atoms with E-state index in [0.717, 1.165) is 15.4 Å². The third kappa shape index (κ3) is 3.95. The van der Waals surface area contributed by atoms with Gasteiger partial charge in [-0.15, -0.1) is 0 Å². The fraction of sp³-hybridized carbons (Fsp3) is 0.300. The molecule has 0 N–H and O–H groups in total. The van der Waals surface area contributed by atoms with Gasteiger partial charge in [-0.1, -0.05) is 51.6 Å². The highest BCUT2D eigenvalue weighted by molar-refractivity contribution is 7.99. The summed E-state index contributed by atoms with van der Waals surface area (Å²) in [6, 6.07) is 16.7. The van der Waals surface area contributed by atoms with E-state index in [9.17, 15) is 10.5 Å². The zero-order chi connectivity index (χ0) is 17.0. The summed E-state index contributed by atoms with van der Waals surface area (Å²) in [7, 11) is 0. The summed E-state index contributed by atoms with van der Waals surface area (Å²) in [4.78, 5) is 2.04. The smallest absolute Gasteiger partial charge is 0.0995 e. The second kappa shape index (κ2) is 7.36. The van der Waals surface area contributed by atoms with Crippen molar-refractivity contribution in [2.75, 3.05) is 0 Å². The third-order valence-corrected chi connectivity index (χ3v) is 4.73. The normalized spacial score (nSPS) is 10.6. The summed E-state index contributed by atoms with van der Waals surface area (Å²) in [6.07, 6.45) is 0. The third-order valence-electron chi connectivity index (χ3n) is 3.75. The Bertz CT molecular complexity index is 740. The molecule has 0 aliphatic heterocycles. The lowest BCUT2D eigenvalue weighted by atomic mass is 9.93. The van der Waals surface area contributed by atoms with Gasteiger partial charge in [-0.3, -0.25) is 0 Å². The SMILES string of the molecule is CC(C)c1ccc(Sc2cc(C#N)c(C(C)C)c(C#N)c2)cc1. The van der Waals surface area contributed by atoms with Gasteiger partial charge in [0.2, 0.25) is 0 Å². The molecule has 0 bridgehead atoms. The van der Waals surface area contributed by atoms with Crippen LogP contribution >= 0.6 is 11.8 Å². The molecule has 0 spiro atoms. The maximum Gasteiger partial charge on any atom is 0.0995 e. The summed E-state index contributed by atoms with van der Waals surface area (Å²) < 4.78 is 0. The molecular formula is C20H20N2S. The van der Waals surface area contributed by atoms with Crippen LogP contribution in [0.2, 0.25) is 0 Å². The molecule has 2 rings (SSSR count). The number of benzene rings is 2. The lowest BCUT2D eigenvalue weighted by Gasteiger charge is -2.13. The molecule has 116 valence electrons. The minimum absolute atomic E-state index is 0.156. The Morgan fingerprint density at radius 3 is 1.70 bits per heavy atom. The van der Waals surface area contributed by atoms with Crippen LogP contribution in [0.5, 0.6) is 0 Å². The monoisotopic (exact) mass is 320 g/mol. The van der Waals surface area contributed by atoms with Crippen molar-refractivity contribution in [2.24, 2.45) is 0 Å². The molecule has 0 saturated carbocycles. The second-order valence-corrected chi connectivity index (χ2v) is 7.28. The Labute approximate surface area is 142 Å². The first-order valence-electron chi connectivity index (χ1n) is 7.72. The largest absolute Gasteiger partial charge is 0.192 e. The number of nitriles is 2. The van der Waals surface area contributed by atoms with Gasteiger partial charge in [-0.25, -0.2) is 0 Å². The van der Waals surface area contributed by atoms with Crippen LogP contribution in [0.15, 0.2) is 46.2 Å². The molecule has 3 heteroatoms. The zero-order valence-corrected chi connectivity index (χ0v) is 14.7. The molecule has 0 atom stereocenters. The highest BCUT2D eigenvalue weighted by atomic mass is 32.2. The lowest BCUT2D eigenvalue weighted by molar-refractivity contribution is 0.856. The van der Waals surface area contributed by atoms with Crippen LogP contribution in [0.25, 0.3) is 0 Å². The van der Waals surface area contributed by atoms with Gasteiger partial charge < -0.3 is 0 Å². The number of hydrogen-bond acceptors (Lipinski definition) is 3. The first-order valence-corrected chi connectivity index (χ1v) is 8.53. The van der Waals surface area contributed by atoms with E-state index in [0.29, 0.717) is 17.0 Å². The molecule has 0 unspecified atom stereocenters. The van der Waals surface area contributed by atoms with E-state index in [1.807, 2.05) is 26.0 Å². The molecule has 0 heterocycles. The van der Waals surface area contributed by atoms with Crippen LogP contribution in [0.4, 0.5) is 0 Å². The van der Waals surface area contributed by atoms with E-state index in [-0.39, 0.29) is 5.92 Å². The molecule has 0 saturated heterocycles. The first kappa shape index (κ1) is 17.1. The van der Waals surface area contributed by atoms with E-state index in [4.69, 9.17) is 0 Å². The molecule has 0 radical (unpaired) electrons. The molecule has 2 nitrogen and oxygen atoms in total. The van der Waals surface area contributed by atoms with Crippen molar-refractivity contribution in [1.82, 2.24) is 0 Å². The van der Waals surface area contributed by atoms with Crippen molar-refractivity contribution in [3.8, 4) is 12.1 Å². The van der Waals surface area contributed by atoms with Gasteiger partial charge in [0.05, 0.1) is 23.3 Å². The Kier molecular flexibility index (Phi) is 5.48. The highest BCUT2D eigenvalue weighted by Gasteiger charge is 2.14. The molecule has 0 aliphatic rings. The van der Waals surface area contributed by atoms with Crippen LogP contribution in [0.1, 0.15) is 61.8 Å². The maximum absolute atomic E-state index is 9.41. The predicted molar refractivity (Wildman–Crippen MR) is 94.6 cm³/mol. The van der Waals surface area contributed by atoms with Gasteiger partial charge in [0, 0.05) is 9.79 Å². The minimum atomic E-state index is 0.156. The van der Waals surface area contributed by atoms with E-state index in [1.54, 1.807) is 11.8 Å². The number of hydrogen-bond donors (Lipinski definition) is 0. The molecule has 0 aliphatic carbocycles. The van der Waals surface area contributed by atoms with E-state index < -0.39 is 0 Å². The van der Waals surface area contributed by atoms with Gasteiger partial charge in [0.1, 0.15) is 0 Å². The van der Waals surface area contributed by atoms with E-state index >= 15 is 0 Å². The van der Waals surface area contributed by atoms with Crippen molar-refractivity contribution in [3.63, 3.8) is 0 Å². The van der Waals surface area contributed by atoms with Crippen molar-refractivity contribution < 1.29 is 0 Å². The molecule has 0 amide bonds. The van der Waals surface area contributed by atoms with Crippen LogP contribution in [0, 0.1) is 22.7 Å². The number of rotatable bonds is 4. The first-order chi connectivity index (χ1) is 11.0. The molecular weight excluding hydrogens is 300 g/mol. The Morgan fingerprint density at radius 2 is 1.30 bits per heavy atom.